The van der Waals surface area contributed by atoms with E-state index in [0.29, 0.717) is 13.2 Å². The molecule has 0 aliphatic heterocycles. The molecule has 0 aromatic heterocycles. The highest BCUT2D eigenvalue weighted by Gasteiger charge is 1.96. The Balaban J connectivity index is 2.96. The lowest BCUT2D eigenvalue weighted by atomic mass is 10.7. The van der Waals surface area contributed by atoms with Gasteiger partial charge in [0.2, 0.25) is 0 Å². The first-order chi connectivity index (χ1) is 4.81. The second kappa shape index (κ2) is 6.80. The molecular formula is C5H10ClNO3. The zero-order chi connectivity index (χ0) is 7.82. The van der Waals surface area contributed by atoms with Crippen LogP contribution in [0.4, 0.5) is 0 Å². The molecule has 0 heterocycles. The van der Waals surface area contributed by atoms with E-state index in [2.05, 4.69) is 4.74 Å². The molecule has 5 heteroatoms. The van der Waals surface area contributed by atoms with Crippen LogP contribution in [0.2, 0.25) is 0 Å². The molecule has 0 aromatic rings. The first-order valence-electron chi connectivity index (χ1n) is 2.77. The van der Waals surface area contributed by atoms with Crippen molar-refractivity contribution >= 4 is 17.7 Å². The van der Waals surface area contributed by atoms with Gasteiger partial charge in [-0.05, 0) is 0 Å². The van der Waals surface area contributed by atoms with Gasteiger partial charge < -0.3 is 9.47 Å². The molecule has 0 fully saturated rings. The minimum absolute atomic E-state index is 0.0210. The Morgan fingerprint density at radius 1 is 1.60 bits per heavy atom. The van der Waals surface area contributed by atoms with Crippen LogP contribution in [0.1, 0.15) is 0 Å². The molecule has 0 saturated heterocycles. The van der Waals surface area contributed by atoms with Crippen LogP contribution >= 0.6 is 11.8 Å². The molecule has 0 aliphatic carbocycles. The molecule has 60 valence electrons. The number of carbonyl (C=O) groups is 1. The summed E-state index contributed by atoms with van der Waals surface area (Å²) in [4.78, 5) is 12.3. The SMILES string of the molecule is COCCOCC(=O)NCl. The van der Waals surface area contributed by atoms with E-state index in [4.69, 9.17) is 16.5 Å². The third-order valence-corrected chi connectivity index (χ3v) is 0.981. The molecule has 0 aromatic carbocycles. The minimum Gasteiger partial charge on any atom is -0.382 e. The Morgan fingerprint density at radius 2 is 2.30 bits per heavy atom. The molecular weight excluding hydrogens is 158 g/mol. The van der Waals surface area contributed by atoms with Crippen molar-refractivity contribution in [2.45, 2.75) is 0 Å². The summed E-state index contributed by atoms with van der Waals surface area (Å²) in [6.45, 7) is 0.864. The van der Waals surface area contributed by atoms with Crippen molar-refractivity contribution in [2.24, 2.45) is 0 Å². The van der Waals surface area contributed by atoms with Crippen molar-refractivity contribution in [2.75, 3.05) is 26.9 Å². The maximum absolute atomic E-state index is 10.4. The summed E-state index contributed by atoms with van der Waals surface area (Å²) in [5.74, 6) is -0.349. The number of halogens is 1. The molecule has 10 heavy (non-hydrogen) atoms. The third-order valence-electron chi connectivity index (χ3n) is 0.770. The van der Waals surface area contributed by atoms with E-state index in [1.807, 2.05) is 4.84 Å². The number of nitrogens with one attached hydrogen (secondary N) is 1. The Labute approximate surface area is 64.6 Å². The van der Waals surface area contributed by atoms with E-state index in [-0.39, 0.29) is 12.5 Å². The third kappa shape index (κ3) is 5.81. The molecule has 0 spiro atoms. The second-order valence-corrected chi connectivity index (χ2v) is 1.75. The van der Waals surface area contributed by atoms with Gasteiger partial charge in [0, 0.05) is 18.9 Å². The number of hydrogen-bond acceptors (Lipinski definition) is 3. The Hall–Kier alpha value is -0.320. The molecule has 0 rings (SSSR count). The van der Waals surface area contributed by atoms with Crippen LogP contribution in [-0.4, -0.2) is 32.8 Å². The first kappa shape index (κ1) is 9.68. The number of hydrogen-bond donors (Lipinski definition) is 1. The summed E-state index contributed by atoms with van der Waals surface area (Å²) in [6, 6.07) is 0. The van der Waals surface area contributed by atoms with Gasteiger partial charge in [-0.15, -0.1) is 0 Å². The van der Waals surface area contributed by atoms with Gasteiger partial charge in [-0.25, -0.2) is 0 Å². The molecule has 0 bridgehead atoms. The fourth-order valence-electron chi connectivity index (χ4n) is 0.334. The molecule has 0 unspecified atom stereocenters. The summed E-state index contributed by atoms with van der Waals surface area (Å²) < 4.78 is 9.47. The number of rotatable bonds is 5. The van der Waals surface area contributed by atoms with Gasteiger partial charge in [0.15, 0.2) is 0 Å². The van der Waals surface area contributed by atoms with E-state index in [1.165, 1.54) is 0 Å². The van der Waals surface area contributed by atoms with Gasteiger partial charge in [-0.2, -0.15) is 0 Å². The van der Waals surface area contributed by atoms with E-state index in [9.17, 15) is 4.79 Å². The zero-order valence-electron chi connectivity index (χ0n) is 5.72. The molecule has 0 aliphatic rings. The van der Waals surface area contributed by atoms with Gasteiger partial charge in [0.05, 0.1) is 13.2 Å². The van der Waals surface area contributed by atoms with Gasteiger partial charge >= 0.3 is 0 Å². The highest BCUT2D eigenvalue weighted by atomic mass is 35.5. The maximum atomic E-state index is 10.4. The monoisotopic (exact) mass is 167 g/mol. The van der Waals surface area contributed by atoms with E-state index < -0.39 is 0 Å². The van der Waals surface area contributed by atoms with Crippen molar-refractivity contribution in [3.63, 3.8) is 0 Å². The lowest BCUT2D eigenvalue weighted by Gasteiger charge is -1.99. The highest BCUT2D eigenvalue weighted by molar-refractivity contribution is 6.21. The number of methoxy groups -OCH3 is 1. The summed E-state index contributed by atoms with van der Waals surface area (Å²) in [5, 5.41) is 0. The summed E-state index contributed by atoms with van der Waals surface area (Å²) >= 11 is 4.95. The largest absolute Gasteiger partial charge is 0.382 e. The standard InChI is InChI=1S/C5H10ClNO3/c1-9-2-3-10-4-5(8)7-6/h2-4H2,1H3,(H,7,8). The van der Waals surface area contributed by atoms with Crippen LogP contribution in [0.3, 0.4) is 0 Å². The lowest BCUT2D eigenvalue weighted by Crippen LogP contribution is -2.20. The molecule has 0 atom stereocenters. The quantitative estimate of drug-likeness (QED) is 0.460. The van der Waals surface area contributed by atoms with Gasteiger partial charge in [-0.1, -0.05) is 0 Å². The van der Waals surface area contributed by atoms with Crippen LogP contribution in [0.25, 0.3) is 0 Å². The molecule has 1 amide bonds. The van der Waals surface area contributed by atoms with Crippen LogP contribution < -0.4 is 4.84 Å². The van der Waals surface area contributed by atoms with E-state index >= 15 is 0 Å². The normalized spacial score (nSPS) is 9.40. The van der Waals surface area contributed by atoms with Crippen LogP contribution in [0.15, 0.2) is 0 Å². The molecule has 0 radical (unpaired) electrons. The van der Waals surface area contributed by atoms with Crippen molar-refractivity contribution in [1.29, 1.82) is 0 Å². The minimum atomic E-state index is -0.349. The number of carbonyl (C=O) groups excluding carboxylic acids is 1. The maximum Gasteiger partial charge on any atom is 0.260 e. The average Bonchev–Trinajstić information content (AvgIpc) is 1.98. The second-order valence-electron chi connectivity index (χ2n) is 1.56. The van der Waals surface area contributed by atoms with Gasteiger partial charge in [-0.3, -0.25) is 9.63 Å². The van der Waals surface area contributed by atoms with Gasteiger partial charge in [0.25, 0.3) is 5.91 Å². The first-order valence-corrected chi connectivity index (χ1v) is 3.15. The van der Waals surface area contributed by atoms with E-state index in [1.54, 1.807) is 7.11 Å². The molecule has 1 N–H and O–H groups in total. The molecule has 4 nitrogen and oxygen atoms in total. The smallest absolute Gasteiger partial charge is 0.260 e. The predicted molar refractivity (Wildman–Crippen MR) is 36.7 cm³/mol. The summed E-state index contributed by atoms with van der Waals surface area (Å²) in [5.41, 5.74) is 0. The Morgan fingerprint density at radius 3 is 2.80 bits per heavy atom. The van der Waals surface area contributed by atoms with E-state index in [0.717, 1.165) is 0 Å². The van der Waals surface area contributed by atoms with Crippen molar-refractivity contribution in [1.82, 2.24) is 4.84 Å². The molecule has 0 saturated carbocycles. The summed E-state index contributed by atoms with van der Waals surface area (Å²) in [7, 11) is 1.56. The van der Waals surface area contributed by atoms with Crippen molar-refractivity contribution in [3.05, 3.63) is 0 Å². The fraction of sp³-hybridized carbons (Fsp3) is 0.800. The van der Waals surface area contributed by atoms with Gasteiger partial charge in [0.1, 0.15) is 6.61 Å². The topological polar surface area (TPSA) is 47.6 Å². The zero-order valence-corrected chi connectivity index (χ0v) is 6.48. The van der Waals surface area contributed by atoms with Crippen LogP contribution in [0, 0.1) is 0 Å². The Kier molecular flexibility index (Phi) is 6.58. The highest BCUT2D eigenvalue weighted by Crippen LogP contribution is 1.76. The van der Waals surface area contributed by atoms with Crippen molar-refractivity contribution in [3.8, 4) is 0 Å². The average molecular weight is 168 g/mol. The lowest BCUT2D eigenvalue weighted by molar-refractivity contribution is -0.124. The number of ether oxygens (including phenoxy) is 2. The van der Waals surface area contributed by atoms with Crippen molar-refractivity contribution < 1.29 is 14.3 Å². The Bertz CT molecular complexity index is 98.9. The number of amides is 1. The van der Waals surface area contributed by atoms with Crippen LogP contribution in [0.5, 0.6) is 0 Å². The predicted octanol–water partition coefficient (Wildman–Crippen LogP) is -0.0806. The van der Waals surface area contributed by atoms with Crippen LogP contribution in [-0.2, 0) is 14.3 Å². The summed E-state index contributed by atoms with van der Waals surface area (Å²) in [6.07, 6.45) is 0. The fourth-order valence-corrected chi connectivity index (χ4v) is 0.389.